The number of carbonyl (C=O) groups is 2. The van der Waals surface area contributed by atoms with Crippen LogP contribution in [0.25, 0.3) is 21.6 Å². The molecule has 8 nitrogen and oxygen atoms in total. The number of benzene rings is 1. The minimum atomic E-state index is -1.21. The van der Waals surface area contributed by atoms with Crippen LogP contribution < -0.4 is 10.9 Å². The molecule has 0 fully saturated rings. The first-order chi connectivity index (χ1) is 14.0. The number of carboxylic acid groups (broad SMARTS) is 1. The van der Waals surface area contributed by atoms with E-state index in [1.165, 1.54) is 16.2 Å². The van der Waals surface area contributed by atoms with Crippen molar-refractivity contribution in [3.8, 4) is 11.4 Å². The average Bonchev–Trinajstić information content (AvgIpc) is 3.39. The number of aromatic nitrogens is 2. The van der Waals surface area contributed by atoms with Crippen LogP contribution in [0.1, 0.15) is 16.1 Å². The second-order valence-electron chi connectivity index (χ2n) is 6.18. The summed E-state index contributed by atoms with van der Waals surface area (Å²) in [6.45, 7) is -0.128. The summed E-state index contributed by atoms with van der Waals surface area (Å²) < 4.78 is 6.38. The van der Waals surface area contributed by atoms with Crippen LogP contribution in [0.5, 0.6) is 0 Å². The lowest BCUT2D eigenvalue weighted by molar-refractivity contribution is -0.121. The van der Waals surface area contributed by atoms with Crippen LogP contribution in [0.3, 0.4) is 0 Å². The van der Waals surface area contributed by atoms with Gasteiger partial charge >= 0.3 is 5.97 Å². The number of furan rings is 1. The number of aromatic carboxylic acids is 1. The van der Waals surface area contributed by atoms with E-state index in [0.29, 0.717) is 22.0 Å². The fourth-order valence-corrected chi connectivity index (χ4v) is 3.84. The Morgan fingerprint density at radius 3 is 2.66 bits per heavy atom. The highest BCUT2D eigenvalue weighted by Crippen LogP contribution is 2.25. The van der Waals surface area contributed by atoms with E-state index >= 15 is 0 Å². The molecular formula is C20H15N3O5S. The molecule has 0 aliphatic heterocycles. The molecule has 29 heavy (non-hydrogen) atoms. The highest BCUT2D eigenvalue weighted by atomic mass is 32.1. The average molecular weight is 409 g/mol. The molecule has 3 aromatic heterocycles. The Bertz CT molecular complexity index is 1240. The fraction of sp³-hybridized carbons (Fsp3) is 0.100. The van der Waals surface area contributed by atoms with Crippen LogP contribution in [0.15, 0.2) is 63.3 Å². The van der Waals surface area contributed by atoms with E-state index in [1.54, 1.807) is 36.4 Å². The van der Waals surface area contributed by atoms with Gasteiger partial charge in [0.05, 0.1) is 23.8 Å². The van der Waals surface area contributed by atoms with Gasteiger partial charge in [0.15, 0.2) is 0 Å². The normalized spacial score (nSPS) is 10.9. The van der Waals surface area contributed by atoms with E-state index in [0.717, 1.165) is 11.3 Å². The molecule has 0 spiro atoms. The van der Waals surface area contributed by atoms with E-state index in [4.69, 9.17) is 4.42 Å². The predicted molar refractivity (Wildman–Crippen MR) is 107 cm³/mol. The highest BCUT2D eigenvalue weighted by molar-refractivity contribution is 7.17. The van der Waals surface area contributed by atoms with Gasteiger partial charge in [0.25, 0.3) is 5.56 Å². The van der Waals surface area contributed by atoms with Crippen LogP contribution in [0, 0.1) is 0 Å². The third-order valence-electron chi connectivity index (χ3n) is 4.30. The Labute approximate surface area is 168 Å². The van der Waals surface area contributed by atoms with E-state index < -0.39 is 17.4 Å². The lowest BCUT2D eigenvalue weighted by atomic mass is 10.2. The first-order valence-electron chi connectivity index (χ1n) is 8.64. The quantitative estimate of drug-likeness (QED) is 0.506. The fourth-order valence-electron chi connectivity index (χ4n) is 2.93. The second kappa shape index (κ2) is 7.72. The molecule has 9 heteroatoms. The van der Waals surface area contributed by atoms with Gasteiger partial charge in [-0.3, -0.25) is 14.2 Å². The highest BCUT2D eigenvalue weighted by Gasteiger charge is 2.21. The van der Waals surface area contributed by atoms with Crippen molar-refractivity contribution in [2.24, 2.45) is 0 Å². The molecule has 146 valence electrons. The zero-order valence-corrected chi connectivity index (χ0v) is 15.8. The molecule has 3 heterocycles. The monoisotopic (exact) mass is 409 g/mol. The molecule has 0 saturated heterocycles. The molecule has 0 aliphatic carbocycles. The number of nitrogens with zero attached hydrogens (tertiary/aromatic N) is 2. The number of fused-ring (bicyclic) bond motifs is 1. The first-order valence-corrected chi connectivity index (χ1v) is 9.52. The van der Waals surface area contributed by atoms with Crippen molar-refractivity contribution in [3.05, 3.63) is 75.8 Å². The molecule has 1 amide bonds. The van der Waals surface area contributed by atoms with Gasteiger partial charge < -0.3 is 14.8 Å². The summed E-state index contributed by atoms with van der Waals surface area (Å²) in [6.07, 6.45) is 1.50. The second-order valence-corrected chi connectivity index (χ2v) is 7.04. The third-order valence-corrected chi connectivity index (χ3v) is 5.17. The molecule has 0 saturated carbocycles. The SMILES string of the molecule is O=C(Cn1c(-c2ccccc2)nc2scc(C(=O)O)c2c1=O)NCc1ccco1. The maximum absolute atomic E-state index is 13.1. The van der Waals surface area contributed by atoms with Crippen molar-refractivity contribution < 1.29 is 19.1 Å². The number of rotatable bonds is 6. The number of amides is 1. The molecule has 0 radical (unpaired) electrons. The molecule has 0 aliphatic rings. The van der Waals surface area contributed by atoms with Gasteiger partial charge in [-0.1, -0.05) is 30.3 Å². The Hall–Kier alpha value is -3.72. The van der Waals surface area contributed by atoms with Crippen LogP contribution in [-0.2, 0) is 17.9 Å². The van der Waals surface area contributed by atoms with Crippen LogP contribution in [0.2, 0.25) is 0 Å². The number of thiophene rings is 1. The molecule has 4 aromatic rings. The zero-order chi connectivity index (χ0) is 20.4. The van der Waals surface area contributed by atoms with Gasteiger partial charge in [0.2, 0.25) is 5.91 Å². The molecule has 0 atom stereocenters. The molecule has 4 rings (SSSR count). The minimum absolute atomic E-state index is 0.000940. The van der Waals surface area contributed by atoms with Crippen molar-refractivity contribution in [2.75, 3.05) is 0 Å². The number of hydrogen-bond donors (Lipinski definition) is 2. The van der Waals surface area contributed by atoms with Gasteiger partial charge in [-0.05, 0) is 12.1 Å². The lowest BCUT2D eigenvalue weighted by Gasteiger charge is -2.13. The molecule has 2 N–H and O–H groups in total. The number of hydrogen-bond acceptors (Lipinski definition) is 6. The van der Waals surface area contributed by atoms with Crippen LogP contribution in [0.4, 0.5) is 0 Å². The first kappa shape index (κ1) is 18.6. The summed E-state index contributed by atoms with van der Waals surface area (Å²) in [6, 6.07) is 12.4. The Morgan fingerprint density at radius 2 is 1.97 bits per heavy atom. The van der Waals surface area contributed by atoms with Crippen molar-refractivity contribution in [3.63, 3.8) is 0 Å². The van der Waals surface area contributed by atoms with Crippen molar-refractivity contribution in [1.82, 2.24) is 14.9 Å². The minimum Gasteiger partial charge on any atom is -0.478 e. The van der Waals surface area contributed by atoms with E-state index in [-0.39, 0.29) is 24.0 Å². The number of carboxylic acids is 1. The maximum Gasteiger partial charge on any atom is 0.337 e. The van der Waals surface area contributed by atoms with Crippen molar-refractivity contribution in [1.29, 1.82) is 0 Å². The maximum atomic E-state index is 13.1. The molecule has 1 aromatic carbocycles. The number of nitrogens with one attached hydrogen (secondary N) is 1. The molecular weight excluding hydrogens is 394 g/mol. The molecule has 0 bridgehead atoms. The summed E-state index contributed by atoms with van der Waals surface area (Å²) in [5.41, 5.74) is -0.0388. The summed E-state index contributed by atoms with van der Waals surface area (Å²) in [7, 11) is 0. The van der Waals surface area contributed by atoms with Gasteiger partial charge in [-0.2, -0.15) is 0 Å². The summed E-state index contributed by atoms with van der Waals surface area (Å²) in [4.78, 5) is 41.9. The smallest absolute Gasteiger partial charge is 0.337 e. The van der Waals surface area contributed by atoms with Gasteiger partial charge in [0.1, 0.15) is 23.0 Å². The summed E-state index contributed by atoms with van der Waals surface area (Å²) >= 11 is 1.08. The van der Waals surface area contributed by atoms with Crippen molar-refractivity contribution in [2.45, 2.75) is 13.1 Å². The largest absolute Gasteiger partial charge is 0.478 e. The lowest BCUT2D eigenvalue weighted by Crippen LogP contribution is -2.33. The van der Waals surface area contributed by atoms with E-state index in [9.17, 15) is 19.5 Å². The third kappa shape index (κ3) is 3.67. The van der Waals surface area contributed by atoms with Crippen LogP contribution >= 0.6 is 11.3 Å². The Balaban J connectivity index is 1.77. The number of carbonyl (C=O) groups excluding carboxylic acids is 1. The Kier molecular flexibility index (Phi) is 4.96. The standard InChI is InChI=1S/C20H15N3O5S/c24-15(21-9-13-7-4-8-28-13)10-23-17(12-5-2-1-3-6-12)22-18-16(19(23)25)14(11-29-18)20(26)27/h1-8,11H,9-10H2,(H,21,24)(H,26,27). The van der Waals surface area contributed by atoms with Gasteiger partial charge in [-0.15, -0.1) is 11.3 Å². The van der Waals surface area contributed by atoms with Gasteiger partial charge in [-0.25, -0.2) is 9.78 Å². The summed E-state index contributed by atoms with van der Waals surface area (Å²) in [5.74, 6) is -0.756. The predicted octanol–water partition coefficient (Wildman–Crippen LogP) is 2.73. The van der Waals surface area contributed by atoms with E-state index in [1.807, 2.05) is 6.07 Å². The van der Waals surface area contributed by atoms with Crippen LogP contribution in [-0.4, -0.2) is 26.5 Å². The zero-order valence-electron chi connectivity index (χ0n) is 15.0. The van der Waals surface area contributed by atoms with E-state index in [2.05, 4.69) is 10.3 Å². The molecule has 0 unspecified atom stereocenters. The summed E-state index contributed by atoms with van der Waals surface area (Å²) in [5, 5.41) is 13.5. The topological polar surface area (TPSA) is 114 Å². The Morgan fingerprint density at radius 1 is 1.17 bits per heavy atom. The van der Waals surface area contributed by atoms with Gasteiger partial charge in [0, 0.05) is 10.9 Å². The van der Waals surface area contributed by atoms with Crippen molar-refractivity contribution >= 4 is 33.4 Å².